The second-order valence-electron chi connectivity index (χ2n) is 6.45. The highest BCUT2D eigenvalue weighted by Gasteiger charge is 2.19. The van der Waals surface area contributed by atoms with Crippen LogP contribution in [-0.4, -0.2) is 21.9 Å². The lowest BCUT2D eigenvalue weighted by Gasteiger charge is -2.08. The van der Waals surface area contributed by atoms with Crippen molar-refractivity contribution in [1.82, 2.24) is 4.40 Å². The van der Waals surface area contributed by atoms with Gasteiger partial charge in [0.2, 0.25) is 0 Å². The van der Waals surface area contributed by atoms with E-state index in [1.807, 2.05) is 34.7 Å². The van der Waals surface area contributed by atoms with Gasteiger partial charge < -0.3 is 13.9 Å². The second kappa shape index (κ2) is 7.63. The number of nitrogens with zero attached hydrogens (tertiary/aromatic N) is 2. The number of hydrogen-bond donors (Lipinski definition) is 0. The molecule has 0 fully saturated rings. The van der Waals surface area contributed by atoms with Gasteiger partial charge in [-0.25, -0.2) is 4.79 Å². The summed E-state index contributed by atoms with van der Waals surface area (Å²) in [6.45, 7) is 2.27. The Morgan fingerprint density at radius 1 is 1.07 bits per heavy atom. The largest absolute Gasteiger partial charge is 0.487 e. The Hall–Kier alpha value is -3.87. The molecule has 2 heterocycles. The molecule has 4 rings (SSSR count). The third kappa shape index (κ3) is 3.50. The number of benzene rings is 2. The smallest absolute Gasteiger partial charge is 0.340 e. The standard InChI is InChI=1S/C22H18N2O5/c1-2-28-22(25)21-18-8-3-4-9-19(18)23-13-17(10-11-20(21)23)29-14-15-6-5-7-16(12-15)24(26)27/h3-13H,2,14H2,1H3. The third-order valence-electron chi connectivity index (χ3n) is 4.62. The van der Waals surface area contributed by atoms with Crippen molar-refractivity contribution in [3.8, 4) is 5.75 Å². The zero-order chi connectivity index (χ0) is 20.4. The molecule has 0 bridgehead atoms. The molecule has 146 valence electrons. The van der Waals surface area contributed by atoms with Gasteiger partial charge in [-0.3, -0.25) is 10.1 Å². The number of pyridine rings is 1. The monoisotopic (exact) mass is 390 g/mol. The molecule has 0 N–H and O–H groups in total. The molecule has 0 atom stereocenters. The summed E-state index contributed by atoms with van der Waals surface area (Å²) in [5, 5.41) is 11.7. The molecule has 0 aliphatic rings. The Bertz CT molecular complexity index is 1230. The molecule has 7 nitrogen and oxygen atoms in total. The summed E-state index contributed by atoms with van der Waals surface area (Å²) in [7, 11) is 0. The lowest BCUT2D eigenvalue weighted by molar-refractivity contribution is -0.384. The molecule has 29 heavy (non-hydrogen) atoms. The Kier molecular flexibility index (Phi) is 4.87. The number of para-hydroxylation sites is 1. The van der Waals surface area contributed by atoms with Crippen LogP contribution in [0.2, 0.25) is 0 Å². The van der Waals surface area contributed by atoms with E-state index in [4.69, 9.17) is 9.47 Å². The van der Waals surface area contributed by atoms with Gasteiger partial charge >= 0.3 is 5.97 Å². The maximum absolute atomic E-state index is 12.5. The topological polar surface area (TPSA) is 83.1 Å². The molecule has 0 unspecified atom stereocenters. The van der Waals surface area contributed by atoms with E-state index < -0.39 is 4.92 Å². The minimum Gasteiger partial charge on any atom is -0.487 e. The molecule has 0 amide bonds. The Balaban J connectivity index is 1.69. The van der Waals surface area contributed by atoms with E-state index in [9.17, 15) is 14.9 Å². The van der Waals surface area contributed by atoms with Gasteiger partial charge in [0.05, 0.1) is 34.3 Å². The van der Waals surface area contributed by atoms with Gasteiger partial charge in [0.15, 0.2) is 0 Å². The summed E-state index contributed by atoms with van der Waals surface area (Å²) in [5.74, 6) is 0.219. The average molecular weight is 390 g/mol. The van der Waals surface area contributed by atoms with E-state index in [1.165, 1.54) is 12.1 Å². The van der Waals surface area contributed by atoms with Gasteiger partial charge in [-0.05, 0) is 30.7 Å². The number of aromatic nitrogens is 1. The number of rotatable bonds is 6. The predicted octanol–water partition coefficient (Wildman–Crippen LogP) is 4.76. The van der Waals surface area contributed by atoms with E-state index >= 15 is 0 Å². The molecular formula is C22H18N2O5. The first-order chi connectivity index (χ1) is 14.1. The quantitative estimate of drug-likeness (QED) is 0.269. The number of hydrogen-bond acceptors (Lipinski definition) is 5. The highest BCUT2D eigenvalue weighted by Crippen LogP contribution is 2.29. The van der Waals surface area contributed by atoms with Gasteiger partial charge in [0.1, 0.15) is 12.4 Å². The molecule has 7 heteroatoms. The second-order valence-corrected chi connectivity index (χ2v) is 6.45. The van der Waals surface area contributed by atoms with Crippen LogP contribution in [0, 0.1) is 10.1 Å². The van der Waals surface area contributed by atoms with Crippen molar-refractivity contribution in [2.75, 3.05) is 6.61 Å². The number of non-ortho nitro benzene ring substituents is 1. The van der Waals surface area contributed by atoms with Crippen LogP contribution in [0.15, 0.2) is 66.9 Å². The summed E-state index contributed by atoms with van der Waals surface area (Å²) in [6, 6.07) is 17.5. The van der Waals surface area contributed by atoms with Crippen molar-refractivity contribution >= 4 is 28.1 Å². The highest BCUT2D eigenvalue weighted by molar-refractivity contribution is 6.11. The zero-order valence-corrected chi connectivity index (χ0v) is 15.7. The van der Waals surface area contributed by atoms with Crippen molar-refractivity contribution in [2.24, 2.45) is 0 Å². The lowest BCUT2D eigenvalue weighted by atomic mass is 10.1. The Morgan fingerprint density at radius 3 is 2.69 bits per heavy atom. The fourth-order valence-electron chi connectivity index (χ4n) is 3.35. The van der Waals surface area contributed by atoms with Crippen LogP contribution in [0.4, 0.5) is 5.69 Å². The molecule has 2 aromatic carbocycles. The summed E-state index contributed by atoms with van der Waals surface area (Å²) in [4.78, 5) is 23.0. The normalized spacial score (nSPS) is 10.9. The van der Waals surface area contributed by atoms with E-state index in [1.54, 1.807) is 31.3 Å². The maximum Gasteiger partial charge on any atom is 0.340 e. The van der Waals surface area contributed by atoms with Crippen LogP contribution >= 0.6 is 0 Å². The fourth-order valence-corrected chi connectivity index (χ4v) is 3.35. The minimum atomic E-state index is -0.432. The number of carbonyl (C=O) groups excluding carboxylic acids is 1. The number of carbonyl (C=O) groups is 1. The number of ether oxygens (including phenoxy) is 2. The zero-order valence-electron chi connectivity index (χ0n) is 15.7. The van der Waals surface area contributed by atoms with Gasteiger partial charge in [-0.1, -0.05) is 30.3 Å². The van der Waals surface area contributed by atoms with Crippen LogP contribution < -0.4 is 4.74 Å². The van der Waals surface area contributed by atoms with Gasteiger partial charge in [0, 0.05) is 17.5 Å². The van der Waals surface area contributed by atoms with E-state index in [0.717, 1.165) is 16.4 Å². The lowest BCUT2D eigenvalue weighted by Crippen LogP contribution is -2.04. The first kappa shape index (κ1) is 18.5. The summed E-state index contributed by atoms with van der Waals surface area (Å²) in [5.41, 5.74) is 2.84. The summed E-state index contributed by atoms with van der Waals surface area (Å²) >= 11 is 0. The van der Waals surface area contributed by atoms with E-state index in [2.05, 4.69) is 0 Å². The van der Waals surface area contributed by atoms with Crippen LogP contribution in [0.25, 0.3) is 16.4 Å². The molecule has 0 aliphatic carbocycles. The first-order valence-corrected chi connectivity index (χ1v) is 9.14. The van der Waals surface area contributed by atoms with Crippen LogP contribution in [-0.2, 0) is 11.3 Å². The van der Waals surface area contributed by atoms with Gasteiger partial charge in [0.25, 0.3) is 5.69 Å². The Labute approximate surface area is 166 Å². The molecule has 2 aromatic heterocycles. The number of nitro groups is 1. The SMILES string of the molecule is CCOC(=O)c1c2ccccc2n2cc(OCc3cccc([N+](=O)[O-])c3)ccc12. The molecule has 0 aliphatic heterocycles. The van der Waals surface area contributed by atoms with Gasteiger partial charge in [-0.15, -0.1) is 0 Å². The van der Waals surface area contributed by atoms with E-state index in [-0.39, 0.29) is 18.3 Å². The maximum atomic E-state index is 12.5. The van der Waals surface area contributed by atoms with Crippen LogP contribution in [0.1, 0.15) is 22.8 Å². The van der Waals surface area contributed by atoms with Crippen molar-refractivity contribution in [3.63, 3.8) is 0 Å². The van der Waals surface area contributed by atoms with Crippen molar-refractivity contribution < 1.29 is 19.2 Å². The number of fused-ring (bicyclic) bond motifs is 3. The molecule has 0 saturated heterocycles. The van der Waals surface area contributed by atoms with Gasteiger partial charge in [-0.2, -0.15) is 0 Å². The fraction of sp³-hybridized carbons (Fsp3) is 0.136. The minimum absolute atomic E-state index is 0.0250. The number of nitro benzene ring substituents is 1. The average Bonchev–Trinajstić information content (AvgIpc) is 3.06. The van der Waals surface area contributed by atoms with E-state index in [0.29, 0.717) is 23.5 Å². The van der Waals surface area contributed by atoms with Crippen LogP contribution in [0.5, 0.6) is 5.75 Å². The summed E-state index contributed by atoms with van der Waals surface area (Å²) < 4.78 is 13.0. The summed E-state index contributed by atoms with van der Waals surface area (Å²) in [6.07, 6.45) is 1.80. The number of esters is 1. The molecule has 0 radical (unpaired) electrons. The first-order valence-electron chi connectivity index (χ1n) is 9.14. The molecular weight excluding hydrogens is 372 g/mol. The molecule has 0 saturated carbocycles. The molecule has 4 aromatic rings. The molecule has 0 spiro atoms. The van der Waals surface area contributed by atoms with Crippen LogP contribution in [0.3, 0.4) is 0 Å². The Morgan fingerprint density at radius 2 is 1.90 bits per heavy atom. The van der Waals surface area contributed by atoms with Crippen molar-refractivity contribution in [2.45, 2.75) is 13.5 Å². The van der Waals surface area contributed by atoms with Crippen molar-refractivity contribution in [3.05, 3.63) is 88.1 Å². The third-order valence-corrected chi connectivity index (χ3v) is 4.62. The predicted molar refractivity (Wildman–Crippen MR) is 108 cm³/mol. The van der Waals surface area contributed by atoms with Crippen molar-refractivity contribution in [1.29, 1.82) is 0 Å². The highest BCUT2D eigenvalue weighted by atomic mass is 16.6.